The molecule has 0 radical (unpaired) electrons. The first-order valence-corrected chi connectivity index (χ1v) is 4.94. The van der Waals surface area contributed by atoms with Crippen molar-refractivity contribution >= 4 is 17.8 Å². The number of guanidine groups is 1. The lowest BCUT2D eigenvalue weighted by molar-refractivity contribution is -0.123. The summed E-state index contributed by atoms with van der Waals surface area (Å²) < 4.78 is 0. The highest BCUT2D eigenvalue weighted by atomic mass is 16.2. The molecule has 0 aromatic carbocycles. The fraction of sp³-hybridized carbons (Fsp3) is 0.400. The zero-order valence-corrected chi connectivity index (χ0v) is 9.48. The molecule has 1 N–H and O–H groups in total. The topological polar surface area (TPSA) is 73.2 Å². The molecular weight excluding hydrogens is 206 g/mol. The number of likely N-dealkylation sites (N-methyl/N-ethyl adjacent to an activating group) is 1. The van der Waals surface area contributed by atoms with Crippen LogP contribution in [0.15, 0.2) is 6.07 Å². The summed E-state index contributed by atoms with van der Waals surface area (Å²) in [5, 5.41) is 7.77. The molecule has 1 aliphatic heterocycles. The predicted octanol–water partition coefficient (Wildman–Crippen LogP) is 0.307. The van der Waals surface area contributed by atoms with Crippen LogP contribution in [-0.2, 0) is 4.79 Å². The van der Waals surface area contributed by atoms with Crippen molar-refractivity contribution in [3.8, 4) is 0 Å². The van der Waals surface area contributed by atoms with Gasteiger partial charge in [-0.25, -0.2) is 9.97 Å². The number of amides is 1. The van der Waals surface area contributed by atoms with E-state index in [0.29, 0.717) is 5.95 Å². The summed E-state index contributed by atoms with van der Waals surface area (Å²) in [5.74, 6) is 0.419. The molecule has 1 aromatic rings. The minimum absolute atomic E-state index is 0.118. The van der Waals surface area contributed by atoms with Crippen LogP contribution in [0.3, 0.4) is 0 Å². The summed E-state index contributed by atoms with van der Waals surface area (Å²) in [6, 6.07) is 1.86. The van der Waals surface area contributed by atoms with Gasteiger partial charge in [0.1, 0.15) is 6.54 Å². The molecule has 0 bridgehead atoms. The van der Waals surface area contributed by atoms with Gasteiger partial charge in [-0.3, -0.25) is 20.0 Å². The molecule has 1 aromatic heterocycles. The molecule has 0 spiro atoms. The van der Waals surface area contributed by atoms with Gasteiger partial charge in [-0.1, -0.05) is 0 Å². The van der Waals surface area contributed by atoms with Crippen LogP contribution < -0.4 is 4.90 Å². The highest BCUT2D eigenvalue weighted by Crippen LogP contribution is 2.15. The van der Waals surface area contributed by atoms with Crippen molar-refractivity contribution in [1.29, 1.82) is 5.41 Å². The van der Waals surface area contributed by atoms with E-state index in [-0.39, 0.29) is 18.4 Å². The third kappa shape index (κ3) is 1.62. The normalized spacial score (nSPS) is 16.2. The maximum atomic E-state index is 11.4. The molecule has 2 heterocycles. The van der Waals surface area contributed by atoms with E-state index in [2.05, 4.69) is 9.97 Å². The smallest absolute Gasteiger partial charge is 0.249 e. The lowest BCUT2D eigenvalue weighted by Crippen LogP contribution is -2.32. The summed E-state index contributed by atoms with van der Waals surface area (Å²) >= 11 is 0. The van der Waals surface area contributed by atoms with Crippen LogP contribution >= 0.6 is 0 Å². The molecule has 0 unspecified atom stereocenters. The van der Waals surface area contributed by atoms with Gasteiger partial charge in [-0.2, -0.15) is 0 Å². The second-order valence-electron chi connectivity index (χ2n) is 3.81. The Bertz CT molecular complexity index is 450. The molecule has 1 amide bonds. The van der Waals surface area contributed by atoms with E-state index < -0.39 is 0 Å². The van der Waals surface area contributed by atoms with Crippen LogP contribution in [0.1, 0.15) is 11.4 Å². The van der Waals surface area contributed by atoms with Crippen molar-refractivity contribution in [1.82, 2.24) is 14.9 Å². The summed E-state index contributed by atoms with van der Waals surface area (Å²) in [5.41, 5.74) is 1.66. The maximum absolute atomic E-state index is 11.4. The highest BCUT2D eigenvalue weighted by molar-refractivity contribution is 6.12. The number of carbonyl (C=O) groups is 1. The molecule has 0 saturated carbocycles. The van der Waals surface area contributed by atoms with Crippen molar-refractivity contribution in [2.75, 3.05) is 18.5 Å². The first-order valence-electron chi connectivity index (χ1n) is 4.94. The van der Waals surface area contributed by atoms with Crippen LogP contribution in [0.5, 0.6) is 0 Å². The van der Waals surface area contributed by atoms with Gasteiger partial charge >= 0.3 is 0 Å². The van der Waals surface area contributed by atoms with E-state index in [1.807, 2.05) is 19.9 Å². The third-order valence-corrected chi connectivity index (χ3v) is 2.45. The van der Waals surface area contributed by atoms with E-state index in [1.165, 1.54) is 9.80 Å². The fourth-order valence-corrected chi connectivity index (χ4v) is 1.61. The molecule has 1 saturated heterocycles. The Morgan fingerprint density at radius 2 is 1.88 bits per heavy atom. The average Bonchev–Trinajstić information content (AvgIpc) is 2.44. The van der Waals surface area contributed by atoms with Gasteiger partial charge in [0.15, 0.2) is 0 Å². The predicted molar refractivity (Wildman–Crippen MR) is 59.3 cm³/mol. The highest BCUT2D eigenvalue weighted by Gasteiger charge is 2.32. The van der Waals surface area contributed by atoms with Crippen LogP contribution in [0, 0.1) is 19.3 Å². The molecule has 1 aliphatic rings. The second kappa shape index (κ2) is 3.55. The largest absolute Gasteiger partial charge is 0.284 e. The molecule has 2 rings (SSSR count). The SMILES string of the molecule is Cc1cc(C)nc(N2CC(=O)N(C)C2=N)n1. The Morgan fingerprint density at radius 3 is 2.31 bits per heavy atom. The number of carbonyl (C=O) groups excluding carboxylic acids is 1. The third-order valence-electron chi connectivity index (χ3n) is 2.45. The second-order valence-corrected chi connectivity index (χ2v) is 3.81. The molecule has 6 nitrogen and oxygen atoms in total. The first-order chi connectivity index (χ1) is 7.49. The number of nitrogens with one attached hydrogen (secondary N) is 1. The quantitative estimate of drug-likeness (QED) is 0.737. The molecule has 84 valence electrons. The molecule has 6 heteroatoms. The van der Waals surface area contributed by atoms with E-state index in [0.717, 1.165) is 11.4 Å². The Labute approximate surface area is 93.4 Å². The monoisotopic (exact) mass is 219 g/mol. The number of aryl methyl sites for hydroxylation is 2. The number of hydrogen-bond donors (Lipinski definition) is 1. The van der Waals surface area contributed by atoms with E-state index >= 15 is 0 Å². The van der Waals surface area contributed by atoms with Crippen molar-refractivity contribution in [3.63, 3.8) is 0 Å². The standard InChI is InChI=1S/C10H13N5O/c1-6-4-7(2)13-10(12-6)15-5-8(16)14(3)9(15)11/h4,11H,5H2,1-3H3. The lowest BCUT2D eigenvalue weighted by Gasteiger charge is -2.16. The number of aromatic nitrogens is 2. The zero-order valence-electron chi connectivity index (χ0n) is 9.48. The Balaban J connectivity index is 2.38. The molecular formula is C10H13N5O. The van der Waals surface area contributed by atoms with Gasteiger partial charge in [0.25, 0.3) is 0 Å². The summed E-state index contributed by atoms with van der Waals surface area (Å²) in [6.45, 7) is 3.87. The van der Waals surface area contributed by atoms with Crippen molar-refractivity contribution < 1.29 is 4.79 Å². The maximum Gasteiger partial charge on any atom is 0.249 e. The van der Waals surface area contributed by atoms with Gasteiger partial charge in [0, 0.05) is 18.4 Å². The van der Waals surface area contributed by atoms with Crippen LogP contribution in [0.25, 0.3) is 0 Å². The van der Waals surface area contributed by atoms with Crippen LogP contribution in [0.4, 0.5) is 5.95 Å². The van der Waals surface area contributed by atoms with Crippen LogP contribution in [0.2, 0.25) is 0 Å². The number of nitrogens with zero attached hydrogens (tertiary/aromatic N) is 4. The average molecular weight is 219 g/mol. The van der Waals surface area contributed by atoms with Crippen molar-refractivity contribution in [3.05, 3.63) is 17.5 Å². The Hall–Kier alpha value is -1.98. The zero-order chi connectivity index (χ0) is 11.9. The molecule has 0 atom stereocenters. The summed E-state index contributed by atoms with van der Waals surface area (Å²) in [6.07, 6.45) is 0. The van der Waals surface area contributed by atoms with E-state index in [1.54, 1.807) is 7.05 Å². The van der Waals surface area contributed by atoms with E-state index in [4.69, 9.17) is 5.41 Å². The number of hydrogen-bond acceptors (Lipinski definition) is 4. The van der Waals surface area contributed by atoms with Crippen molar-refractivity contribution in [2.24, 2.45) is 0 Å². The molecule has 1 fully saturated rings. The summed E-state index contributed by atoms with van der Waals surface area (Å²) in [7, 11) is 1.58. The fourth-order valence-electron chi connectivity index (χ4n) is 1.61. The first kappa shape index (κ1) is 10.5. The molecule has 0 aliphatic carbocycles. The summed E-state index contributed by atoms with van der Waals surface area (Å²) in [4.78, 5) is 22.7. The number of anilines is 1. The van der Waals surface area contributed by atoms with Gasteiger partial charge in [0.05, 0.1) is 0 Å². The van der Waals surface area contributed by atoms with Crippen LogP contribution in [-0.4, -0.2) is 40.3 Å². The van der Waals surface area contributed by atoms with Gasteiger partial charge in [-0.05, 0) is 19.9 Å². The van der Waals surface area contributed by atoms with E-state index in [9.17, 15) is 4.79 Å². The Kier molecular flexibility index (Phi) is 2.34. The van der Waals surface area contributed by atoms with Gasteiger partial charge in [-0.15, -0.1) is 0 Å². The molecule has 16 heavy (non-hydrogen) atoms. The minimum atomic E-state index is -0.118. The number of rotatable bonds is 1. The Morgan fingerprint density at radius 1 is 1.31 bits per heavy atom. The van der Waals surface area contributed by atoms with Gasteiger partial charge < -0.3 is 0 Å². The van der Waals surface area contributed by atoms with Gasteiger partial charge in [0.2, 0.25) is 17.8 Å². The lowest BCUT2D eigenvalue weighted by atomic mass is 10.3. The van der Waals surface area contributed by atoms with Crippen molar-refractivity contribution in [2.45, 2.75) is 13.8 Å². The minimum Gasteiger partial charge on any atom is -0.284 e.